The summed E-state index contributed by atoms with van der Waals surface area (Å²) in [6, 6.07) is -0.495. The van der Waals surface area contributed by atoms with E-state index >= 15 is 0 Å². The van der Waals surface area contributed by atoms with Crippen molar-refractivity contribution in [2.75, 3.05) is 39.0 Å². The van der Waals surface area contributed by atoms with Crippen molar-refractivity contribution in [1.29, 1.82) is 0 Å². The predicted molar refractivity (Wildman–Crippen MR) is 93.3 cm³/mol. The van der Waals surface area contributed by atoms with Crippen molar-refractivity contribution in [2.24, 2.45) is 0 Å². The summed E-state index contributed by atoms with van der Waals surface area (Å²) in [6.07, 6.45) is 3.41. The van der Waals surface area contributed by atoms with E-state index in [1.807, 2.05) is 0 Å². The number of nitrogens with zero attached hydrogens (tertiary/aromatic N) is 3. The molecule has 0 spiro atoms. The van der Waals surface area contributed by atoms with Crippen LogP contribution in [0, 0.1) is 0 Å². The van der Waals surface area contributed by atoms with Gasteiger partial charge in [-0.05, 0) is 25.7 Å². The van der Waals surface area contributed by atoms with Gasteiger partial charge in [0.2, 0.25) is 5.91 Å². The maximum absolute atomic E-state index is 13.1. The quantitative estimate of drug-likeness (QED) is 0.683. The molecule has 0 aromatic carbocycles. The Morgan fingerprint density at radius 2 is 1.73 bits per heavy atom. The van der Waals surface area contributed by atoms with Gasteiger partial charge < -0.3 is 10.0 Å². The summed E-state index contributed by atoms with van der Waals surface area (Å²) in [5.74, 6) is -0.353. The van der Waals surface area contributed by atoms with Gasteiger partial charge in [0.05, 0.1) is 6.26 Å². The van der Waals surface area contributed by atoms with E-state index < -0.39 is 28.4 Å². The van der Waals surface area contributed by atoms with Crippen LogP contribution in [-0.4, -0.2) is 97.4 Å². The first-order valence-electron chi connectivity index (χ1n) is 9.17. The first-order chi connectivity index (χ1) is 12.3. The molecule has 3 rings (SSSR count). The van der Waals surface area contributed by atoms with Crippen molar-refractivity contribution in [1.82, 2.24) is 14.7 Å². The van der Waals surface area contributed by atoms with Crippen molar-refractivity contribution in [3.05, 3.63) is 0 Å². The van der Waals surface area contributed by atoms with E-state index in [1.54, 1.807) is 4.90 Å². The van der Waals surface area contributed by atoms with E-state index in [-0.39, 0.29) is 18.9 Å². The van der Waals surface area contributed by atoms with Gasteiger partial charge >= 0.3 is 6.09 Å². The lowest BCUT2D eigenvalue weighted by molar-refractivity contribution is -0.137. The third kappa shape index (κ3) is 4.29. The van der Waals surface area contributed by atoms with E-state index in [9.17, 15) is 23.1 Å². The van der Waals surface area contributed by atoms with Crippen LogP contribution in [0.4, 0.5) is 4.79 Å². The summed E-state index contributed by atoms with van der Waals surface area (Å²) >= 11 is 0. The Morgan fingerprint density at radius 3 is 2.31 bits per heavy atom. The summed E-state index contributed by atoms with van der Waals surface area (Å²) in [7, 11) is -3.78. The number of likely N-dealkylation sites (tertiary alicyclic amines) is 1. The molecule has 0 aromatic rings. The van der Waals surface area contributed by atoms with Crippen molar-refractivity contribution >= 4 is 22.1 Å². The first kappa shape index (κ1) is 19.4. The van der Waals surface area contributed by atoms with Gasteiger partial charge in [0.25, 0.3) is 10.1 Å². The molecule has 0 radical (unpaired) electrons. The van der Waals surface area contributed by atoms with Gasteiger partial charge in [-0.15, -0.1) is 0 Å². The molecule has 2 atom stereocenters. The summed E-state index contributed by atoms with van der Waals surface area (Å²) in [5, 5.41) is 9.40. The number of rotatable bonds is 4. The van der Waals surface area contributed by atoms with Gasteiger partial charge in [0.15, 0.2) is 0 Å². The Bertz CT molecular complexity index is 650. The van der Waals surface area contributed by atoms with Gasteiger partial charge in [0, 0.05) is 38.8 Å². The molecule has 2 saturated heterocycles. The zero-order valence-corrected chi connectivity index (χ0v) is 15.9. The highest BCUT2D eigenvalue weighted by atomic mass is 32.2. The number of hydrogen-bond donors (Lipinski definition) is 1. The molecule has 1 saturated carbocycles. The first-order valence-corrected chi connectivity index (χ1v) is 11.0. The van der Waals surface area contributed by atoms with Gasteiger partial charge in [-0.1, -0.05) is 6.42 Å². The van der Waals surface area contributed by atoms with Crippen LogP contribution in [0.1, 0.15) is 32.1 Å². The molecule has 1 aliphatic carbocycles. The Balaban J connectivity index is 1.70. The molecule has 2 heterocycles. The number of hydrogen-bond acceptors (Lipinski definition) is 6. The fourth-order valence-corrected chi connectivity index (χ4v) is 4.71. The normalized spacial score (nSPS) is 28.7. The summed E-state index contributed by atoms with van der Waals surface area (Å²) in [4.78, 5) is 29.6. The standard InChI is InChI=1S/C16H27N3O6S/c1-26(23,24)25-13-6-9-19(16(21)22)14(13)15(20)18-8-3-7-17(10-11-18)12-4-2-5-12/h12-14H,2-11H2,1H3,(H,21,22)/t13-,14-/m0/s1. The highest BCUT2D eigenvalue weighted by Gasteiger charge is 2.46. The molecule has 10 heteroatoms. The number of carboxylic acid groups (broad SMARTS) is 1. The average Bonchev–Trinajstić information content (AvgIpc) is 2.73. The molecule has 3 fully saturated rings. The van der Waals surface area contributed by atoms with Gasteiger partial charge in [-0.25, -0.2) is 4.79 Å². The molecule has 0 bridgehead atoms. The summed E-state index contributed by atoms with van der Waals surface area (Å²) in [6.45, 7) is 2.88. The SMILES string of the molecule is CS(=O)(=O)O[C@H]1CCN(C(=O)O)[C@@H]1C(=O)N1CCCN(C2CCC2)CC1. The lowest BCUT2D eigenvalue weighted by Crippen LogP contribution is -2.53. The van der Waals surface area contributed by atoms with Crippen LogP contribution in [0.3, 0.4) is 0 Å². The zero-order chi connectivity index (χ0) is 18.9. The summed E-state index contributed by atoms with van der Waals surface area (Å²) < 4.78 is 28.0. The molecule has 2 aliphatic heterocycles. The lowest BCUT2D eigenvalue weighted by atomic mass is 9.91. The van der Waals surface area contributed by atoms with Crippen molar-refractivity contribution in [3.63, 3.8) is 0 Å². The molecule has 1 N–H and O–H groups in total. The van der Waals surface area contributed by atoms with Gasteiger partial charge in [0.1, 0.15) is 12.1 Å². The molecule has 26 heavy (non-hydrogen) atoms. The van der Waals surface area contributed by atoms with Gasteiger partial charge in [-0.3, -0.25) is 18.8 Å². The van der Waals surface area contributed by atoms with E-state index in [2.05, 4.69) is 4.90 Å². The number of amides is 2. The second-order valence-electron chi connectivity index (χ2n) is 7.35. The molecule has 0 aromatic heterocycles. The van der Waals surface area contributed by atoms with Crippen LogP contribution in [-0.2, 0) is 19.1 Å². The van der Waals surface area contributed by atoms with Crippen molar-refractivity contribution in [2.45, 2.75) is 50.3 Å². The lowest BCUT2D eigenvalue weighted by Gasteiger charge is -2.37. The Labute approximate surface area is 154 Å². The summed E-state index contributed by atoms with van der Waals surface area (Å²) in [5.41, 5.74) is 0. The van der Waals surface area contributed by atoms with E-state index in [4.69, 9.17) is 4.18 Å². The zero-order valence-electron chi connectivity index (χ0n) is 15.0. The molecular weight excluding hydrogens is 362 g/mol. The molecular formula is C16H27N3O6S. The van der Waals surface area contributed by atoms with Gasteiger partial charge in [-0.2, -0.15) is 8.42 Å². The van der Waals surface area contributed by atoms with Crippen LogP contribution in [0.15, 0.2) is 0 Å². The second-order valence-corrected chi connectivity index (χ2v) is 8.95. The van der Waals surface area contributed by atoms with Crippen LogP contribution in [0.25, 0.3) is 0 Å². The highest BCUT2D eigenvalue weighted by Crippen LogP contribution is 2.27. The Kier molecular flexibility index (Phi) is 5.73. The number of carbonyl (C=O) groups excluding carboxylic acids is 1. The minimum absolute atomic E-state index is 0.0912. The monoisotopic (exact) mass is 389 g/mol. The Hall–Kier alpha value is -1.39. The third-order valence-electron chi connectivity index (χ3n) is 5.57. The topological polar surface area (TPSA) is 107 Å². The van der Waals surface area contributed by atoms with E-state index in [0.717, 1.165) is 30.7 Å². The van der Waals surface area contributed by atoms with Crippen LogP contribution >= 0.6 is 0 Å². The van der Waals surface area contributed by atoms with Crippen LogP contribution in [0.2, 0.25) is 0 Å². The van der Waals surface area contributed by atoms with E-state index in [0.29, 0.717) is 19.1 Å². The van der Waals surface area contributed by atoms with Crippen LogP contribution in [0.5, 0.6) is 0 Å². The predicted octanol–water partition coefficient (Wildman–Crippen LogP) is 0.170. The Morgan fingerprint density at radius 1 is 1.00 bits per heavy atom. The van der Waals surface area contributed by atoms with E-state index in [1.165, 1.54) is 19.3 Å². The minimum Gasteiger partial charge on any atom is -0.465 e. The van der Waals surface area contributed by atoms with Crippen molar-refractivity contribution < 1.29 is 27.3 Å². The smallest absolute Gasteiger partial charge is 0.408 e. The third-order valence-corrected chi connectivity index (χ3v) is 6.17. The largest absolute Gasteiger partial charge is 0.465 e. The van der Waals surface area contributed by atoms with Crippen molar-refractivity contribution in [3.8, 4) is 0 Å². The fourth-order valence-electron chi connectivity index (χ4n) is 4.06. The minimum atomic E-state index is -3.78. The molecule has 0 unspecified atom stereocenters. The maximum atomic E-state index is 13.1. The molecule has 9 nitrogen and oxygen atoms in total. The maximum Gasteiger partial charge on any atom is 0.408 e. The average molecular weight is 389 g/mol. The molecule has 2 amide bonds. The van der Waals surface area contributed by atoms with Crippen LogP contribution < -0.4 is 0 Å². The second kappa shape index (κ2) is 7.69. The number of carbonyl (C=O) groups is 2. The molecule has 3 aliphatic rings. The molecule has 148 valence electrons. The highest BCUT2D eigenvalue weighted by molar-refractivity contribution is 7.86. The fraction of sp³-hybridized carbons (Fsp3) is 0.875.